The molecular weight excluding hydrogens is 511 g/mol. The number of carbonyl (C=O) groups excluding carboxylic acids is 1. The third-order valence-corrected chi connectivity index (χ3v) is 7.45. The minimum Gasteiger partial charge on any atom is -0.454 e. The van der Waals surface area contributed by atoms with E-state index >= 15 is 0 Å². The Morgan fingerprint density at radius 3 is 2.84 bits per heavy atom. The summed E-state index contributed by atoms with van der Waals surface area (Å²) in [6.45, 7) is 3.88. The number of carbonyl (C=O) groups is 1. The van der Waals surface area contributed by atoms with Crippen LogP contribution in [0.1, 0.15) is 37.4 Å². The molecule has 1 unspecified atom stereocenters. The predicted octanol–water partition coefficient (Wildman–Crippen LogP) is 2.27. The molecule has 1 atom stereocenters. The zero-order chi connectivity index (χ0) is 26.9. The van der Waals surface area contributed by atoms with Gasteiger partial charge in [-0.05, 0) is 62.4 Å². The van der Waals surface area contributed by atoms with Crippen LogP contribution in [0, 0.1) is 0 Å². The number of rotatable bonds is 7. The van der Waals surface area contributed by atoms with Crippen molar-refractivity contribution in [2.24, 2.45) is 0 Å². The van der Waals surface area contributed by atoms with Crippen molar-refractivity contribution in [1.82, 2.24) is 24.5 Å². The lowest BCUT2D eigenvalue weighted by atomic mass is 9.88. The molecule has 14 heteroatoms. The van der Waals surface area contributed by atoms with Crippen LogP contribution in [-0.2, 0) is 27.5 Å². The second-order valence-corrected chi connectivity index (χ2v) is 10.9. The molecule has 12 nitrogen and oxygen atoms in total. The monoisotopic (exact) mass is 538 g/mol. The Labute approximate surface area is 220 Å². The number of hydrogen-bond acceptors (Lipinski definition) is 9. The molecule has 5 rings (SSSR count). The van der Waals surface area contributed by atoms with Gasteiger partial charge in [-0.25, -0.2) is 14.5 Å². The molecule has 0 saturated heterocycles. The van der Waals surface area contributed by atoms with E-state index in [1.54, 1.807) is 18.3 Å². The van der Waals surface area contributed by atoms with Gasteiger partial charge in [-0.15, -0.1) is 0 Å². The third kappa shape index (κ3) is 5.56. The molecule has 0 fully saturated rings. The molecule has 3 N–H and O–H groups in total. The first-order chi connectivity index (χ1) is 18.2. The minimum atomic E-state index is -4.19. The third-order valence-electron chi connectivity index (χ3n) is 6.22. The second-order valence-electron chi connectivity index (χ2n) is 9.26. The maximum absolute atomic E-state index is 12.9. The van der Waals surface area contributed by atoms with Crippen LogP contribution in [0.4, 0.5) is 10.5 Å². The molecule has 0 spiro atoms. The van der Waals surface area contributed by atoms with E-state index in [0.29, 0.717) is 16.9 Å². The summed E-state index contributed by atoms with van der Waals surface area (Å²) in [5.41, 5.74) is 3.57. The molecule has 1 aromatic carbocycles. The zero-order valence-electron chi connectivity index (χ0n) is 20.9. The van der Waals surface area contributed by atoms with Gasteiger partial charge in [-0.2, -0.15) is 18.5 Å². The molecule has 0 radical (unpaired) electrons. The number of ether oxygens (including phenoxy) is 1. The summed E-state index contributed by atoms with van der Waals surface area (Å²) in [7, 11) is -5.16. The van der Waals surface area contributed by atoms with Crippen molar-refractivity contribution >= 4 is 28.9 Å². The molecule has 3 aromatic rings. The van der Waals surface area contributed by atoms with Gasteiger partial charge in [0.05, 0.1) is 18.0 Å². The van der Waals surface area contributed by atoms with E-state index in [0.717, 1.165) is 30.4 Å². The largest absolute Gasteiger partial charge is 0.483 e. The number of anilines is 1. The van der Waals surface area contributed by atoms with Gasteiger partial charge in [-0.1, -0.05) is 18.1 Å². The molecule has 1 aliphatic heterocycles. The number of benzene rings is 1. The number of hydrogen-bond donors (Lipinski definition) is 3. The van der Waals surface area contributed by atoms with E-state index in [-0.39, 0.29) is 23.7 Å². The minimum absolute atomic E-state index is 0.0303. The van der Waals surface area contributed by atoms with Crippen LogP contribution in [0.3, 0.4) is 0 Å². The van der Waals surface area contributed by atoms with Crippen molar-refractivity contribution in [3.05, 3.63) is 59.8 Å². The number of aromatic nitrogens is 4. The first-order valence-electron chi connectivity index (χ1n) is 12.2. The number of aryl methyl sites for hydroxylation is 1. The van der Waals surface area contributed by atoms with E-state index in [4.69, 9.17) is 9.39 Å². The Morgan fingerprint density at radius 1 is 1.26 bits per heavy atom. The first kappa shape index (κ1) is 25.9. The van der Waals surface area contributed by atoms with Crippen LogP contribution in [0.5, 0.6) is 6.01 Å². The quantitative estimate of drug-likeness (QED) is 0.384. The van der Waals surface area contributed by atoms with Crippen LogP contribution in [0.2, 0.25) is 0 Å². The van der Waals surface area contributed by atoms with Crippen molar-refractivity contribution in [3.8, 4) is 17.3 Å². The Bertz CT molecular complexity index is 1490. The van der Waals surface area contributed by atoms with E-state index in [2.05, 4.69) is 25.1 Å². The summed E-state index contributed by atoms with van der Waals surface area (Å²) in [6, 6.07) is 6.01. The van der Waals surface area contributed by atoms with Crippen molar-refractivity contribution in [1.29, 1.82) is 0 Å². The lowest BCUT2D eigenvalue weighted by Crippen LogP contribution is -2.35. The second kappa shape index (κ2) is 10.6. The van der Waals surface area contributed by atoms with Gasteiger partial charge in [0.15, 0.2) is 5.03 Å². The van der Waals surface area contributed by atoms with Crippen LogP contribution < -0.4 is 14.8 Å². The molecule has 198 valence electrons. The zero-order valence-corrected chi connectivity index (χ0v) is 21.7. The van der Waals surface area contributed by atoms with Gasteiger partial charge in [0, 0.05) is 24.0 Å². The molecule has 1 aliphatic carbocycles. The fourth-order valence-corrected chi connectivity index (χ4v) is 5.21. The SMILES string of the molecule is CC(C)n1ccc(S(=O)(=O)NC(=O)Nc2c(-c3ccnc(OC4C=CB(O)OC4)n3)ccc3c2CCC3)n1. The molecule has 2 aromatic heterocycles. The molecule has 38 heavy (non-hydrogen) atoms. The molecule has 0 saturated carbocycles. The summed E-state index contributed by atoms with van der Waals surface area (Å²) in [5, 5.41) is 16.0. The Kier molecular flexibility index (Phi) is 7.19. The van der Waals surface area contributed by atoms with Crippen molar-refractivity contribution in [2.45, 2.75) is 50.3 Å². The summed E-state index contributed by atoms with van der Waals surface area (Å²) >= 11 is 0. The Morgan fingerprint density at radius 2 is 2.11 bits per heavy atom. The first-order valence-corrected chi connectivity index (χ1v) is 13.7. The maximum atomic E-state index is 12.9. The molecule has 0 bridgehead atoms. The van der Waals surface area contributed by atoms with Gasteiger partial charge in [0.2, 0.25) is 0 Å². The summed E-state index contributed by atoms with van der Waals surface area (Å²) in [4.78, 5) is 21.6. The normalized spacial score (nSPS) is 16.9. The number of fused-ring (bicyclic) bond motifs is 1. The van der Waals surface area contributed by atoms with E-state index in [1.165, 1.54) is 22.9 Å². The van der Waals surface area contributed by atoms with Crippen LogP contribution in [-0.4, -0.2) is 59.1 Å². The molecule has 2 aliphatic rings. The van der Waals surface area contributed by atoms with Crippen molar-refractivity contribution < 1.29 is 27.6 Å². The fraction of sp³-hybridized carbons (Fsp3) is 0.333. The lowest BCUT2D eigenvalue weighted by molar-refractivity contribution is 0.133. The smallest absolute Gasteiger partial charge is 0.454 e. The van der Waals surface area contributed by atoms with Crippen LogP contribution in [0.15, 0.2) is 53.7 Å². The number of sulfonamides is 1. The van der Waals surface area contributed by atoms with E-state index < -0.39 is 29.3 Å². The number of amides is 2. The topological polar surface area (TPSA) is 158 Å². The highest BCUT2D eigenvalue weighted by Gasteiger charge is 2.26. The Balaban J connectivity index is 1.40. The average molecular weight is 538 g/mol. The van der Waals surface area contributed by atoms with Gasteiger partial charge in [-0.3, -0.25) is 4.68 Å². The number of nitrogens with one attached hydrogen (secondary N) is 2. The van der Waals surface area contributed by atoms with Crippen molar-refractivity contribution in [2.75, 3.05) is 11.9 Å². The highest BCUT2D eigenvalue weighted by atomic mass is 32.2. The average Bonchev–Trinajstić information content (AvgIpc) is 3.56. The number of urea groups is 1. The highest BCUT2D eigenvalue weighted by Crippen LogP contribution is 2.37. The maximum Gasteiger partial charge on any atom is 0.483 e. The van der Waals surface area contributed by atoms with E-state index in [1.807, 2.05) is 26.0 Å². The van der Waals surface area contributed by atoms with Crippen LogP contribution in [0.25, 0.3) is 11.3 Å². The predicted molar refractivity (Wildman–Crippen MR) is 139 cm³/mol. The van der Waals surface area contributed by atoms with Crippen LogP contribution >= 0.6 is 0 Å². The summed E-state index contributed by atoms with van der Waals surface area (Å²) < 4.78 is 40.1. The van der Waals surface area contributed by atoms with Gasteiger partial charge >= 0.3 is 19.2 Å². The molecule has 3 heterocycles. The van der Waals surface area contributed by atoms with Gasteiger partial charge in [0.1, 0.15) is 6.10 Å². The lowest BCUT2D eigenvalue weighted by Gasteiger charge is -2.19. The highest BCUT2D eigenvalue weighted by molar-refractivity contribution is 7.90. The van der Waals surface area contributed by atoms with Gasteiger partial charge in [0.25, 0.3) is 10.0 Å². The van der Waals surface area contributed by atoms with E-state index in [9.17, 15) is 18.2 Å². The summed E-state index contributed by atoms with van der Waals surface area (Å²) in [5.74, 6) is 1.47. The molecule has 2 amide bonds. The standard InChI is InChI=1S/C24H27BN6O6S/c1-15(2)31-13-10-21(29-31)38(34,35)30-23(32)28-22-18-5-3-4-16(18)6-7-19(22)20-9-12-26-24(27-20)37-17-8-11-25(33)36-14-17/h6-13,15,17,33H,3-5,14H2,1-2H3,(H2,28,30,32). The fourth-order valence-electron chi connectivity index (χ4n) is 4.37. The van der Waals surface area contributed by atoms with Gasteiger partial charge < -0.3 is 19.7 Å². The van der Waals surface area contributed by atoms with Crippen molar-refractivity contribution in [3.63, 3.8) is 0 Å². The number of nitrogens with zero attached hydrogens (tertiary/aromatic N) is 4. The summed E-state index contributed by atoms with van der Waals surface area (Å²) in [6.07, 6.45) is 6.78. The molecular formula is C24H27BN6O6S. The Hall–Kier alpha value is -3.75.